The SMILES string of the molecule is CNC(=O)[C@H](N[C@@H](CCc1ccc(Cl)cc1)c1ccc(OC)c(OC)c1)c1ccccc1. The molecule has 168 valence electrons. The minimum absolute atomic E-state index is 0.0897. The summed E-state index contributed by atoms with van der Waals surface area (Å²) >= 11 is 6.04. The van der Waals surface area contributed by atoms with Gasteiger partial charge in [0.25, 0.3) is 0 Å². The number of likely N-dealkylation sites (N-methyl/N-ethyl adjacent to an activating group) is 1. The van der Waals surface area contributed by atoms with E-state index >= 15 is 0 Å². The van der Waals surface area contributed by atoms with Crippen LogP contribution in [-0.2, 0) is 11.2 Å². The number of carbonyl (C=O) groups is 1. The minimum Gasteiger partial charge on any atom is -0.493 e. The van der Waals surface area contributed by atoms with Gasteiger partial charge in [0.1, 0.15) is 6.04 Å². The van der Waals surface area contributed by atoms with Crippen LogP contribution in [0.1, 0.15) is 35.2 Å². The molecule has 0 bridgehead atoms. The summed E-state index contributed by atoms with van der Waals surface area (Å²) in [5.41, 5.74) is 3.10. The van der Waals surface area contributed by atoms with E-state index in [0.29, 0.717) is 16.5 Å². The molecule has 1 amide bonds. The molecule has 0 radical (unpaired) electrons. The van der Waals surface area contributed by atoms with Crippen molar-refractivity contribution in [1.82, 2.24) is 10.6 Å². The Kier molecular flexibility index (Phi) is 8.54. The summed E-state index contributed by atoms with van der Waals surface area (Å²) in [6.45, 7) is 0. The Hall–Kier alpha value is -3.02. The predicted molar refractivity (Wildman–Crippen MR) is 128 cm³/mol. The van der Waals surface area contributed by atoms with Gasteiger partial charge in [0, 0.05) is 18.1 Å². The Balaban J connectivity index is 1.93. The number of hydrogen-bond donors (Lipinski definition) is 2. The maximum Gasteiger partial charge on any atom is 0.241 e. The van der Waals surface area contributed by atoms with Gasteiger partial charge in [-0.25, -0.2) is 0 Å². The van der Waals surface area contributed by atoms with Gasteiger partial charge in [-0.3, -0.25) is 10.1 Å². The number of amides is 1. The standard InChI is InChI=1S/C26H29ClN2O3/c1-28-26(30)25(19-7-5-4-6-8-19)29-22(15-11-18-9-13-21(27)14-10-18)20-12-16-23(31-2)24(17-20)32-3/h4-10,12-14,16-17,22,25,29H,11,15H2,1-3H3,(H,28,30)/t22-,25+/m0/s1. The summed E-state index contributed by atoms with van der Waals surface area (Å²) < 4.78 is 10.9. The van der Waals surface area contributed by atoms with Crippen LogP contribution in [0, 0.1) is 0 Å². The molecule has 0 aliphatic rings. The molecule has 0 fully saturated rings. The molecule has 0 aromatic heterocycles. The third-order valence-corrected chi connectivity index (χ3v) is 5.71. The van der Waals surface area contributed by atoms with E-state index < -0.39 is 6.04 Å². The smallest absolute Gasteiger partial charge is 0.241 e. The zero-order valence-corrected chi connectivity index (χ0v) is 19.4. The van der Waals surface area contributed by atoms with E-state index in [-0.39, 0.29) is 11.9 Å². The van der Waals surface area contributed by atoms with Gasteiger partial charge < -0.3 is 14.8 Å². The maximum atomic E-state index is 12.8. The number of carbonyl (C=O) groups excluding carboxylic acids is 1. The van der Waals surface area contributed by atoms with E-state index in [1.807, 2.05) is 72.8 Å². The van der Waals surface area contributed by atoms with Crippen LogP contribution in [0.5, 0.6) is 11.5 Å². The van der Waals surface area contributed by atoms with Crippen molar-refractivity contribution in [3.05, 3.63) is 94.5 Å². The average Bonchev–Trinajstić information content (AvgIpc) is 2.85. The molecule has 0 aliphatic heterocycles. The number of hydrogen-bond acceptors (Lipinski definition) is 4. The summed E-state index contributed by atoms with van der Waals surface area (Å²) in [7, 11) is 4.89. The lowest BCUT2D eigenvalue weighted by Crippen LogP contribution is -2.38. The fraction of sp³-hybridized carbons (Fsp3) is 0.269. The summed E-state index contributed by atoms with van der Waals surface area (Å²) in [5.74, 6) is 1.23. The van der Waals surface area contributed by atoms with Crippen LogP contribution in [0.4, 0.5) is 0 Å². The second kappa shape index (κ2) is 11.6. The quantitative estimate of drug-likeness (QED) is 0.449. The number of benzene rings is 3. The number of rotatable bonds is 10. The molecule has 0 unspecified atom stereocenters. The second-order valence-corrected chi connectivity index (χ2v) is 7.89. The van der Waals surface area contributed by atoms with Crippen molar-refractivity contribution in [2.45, 2.75) is 24.9 Å². The molecule has 6 heteroatoms. The number of ether oxygens (including phenoxy) is 2. The molecule has 0 saturated heterocycles. The lowest BCUT2D eigenvalue weighted by Gasteiger charge is -2.26. The highest BCUT2D eigenvalue weighted by atomic mass is 35.5. The molecule has 5 nitrogen and oxygen atoms in total. The van der Waals surface area contributed by atoms with Gasteiger partial charge in [-0.2, -0.15) is 0 Å². The van der Waals surface area contributed by atoms with Crippen molar-refractivity contribution in [3.8, 4) is 11.5 Å². The van der Waals surface area contributed by atoms with Crippen LogP contribution >= 0.6 is 11.6 Å². The van der Waals surface area contributed by atoms with Crippen molar-refractivity contribution in [2.75, 3.05) is 21.3 Å². The monoisotopic (exact) mass is 452 g/mol. The summed E-state index contributed by atoms with van der Waals surface area (Å²) in [6.07, 6.45) is 1.59. The molecule has 3 aromatic carbocycles. The Morgan fingerprint density at radius 2 is 1.59 bits per heavy atom. The molecule has 0 saturated carbocycles. The lowest BCUT2D eigenvalue weighted by molar-refractivity contribution is -0.123. The lowest BCUT2D eigenvalue weighted by atomic mass is 9.96. The molecule has 32 heavy (non-hydrogen) atoms. The predicted octanol–water partition coefficient (Wildman–Crippen LogP) is 5.11. The first-order valence-electron chi connectivity index (χ1n) is 10.5. The molecule has 0 spiro atoms. The van der Waals surface area contributed by atoms with Gasteiger partial charge >= 0.3 is 0 Å². The van der Waals surface area contributed by atoms with Crippen molar-refractivity contribution in [1.29, 1.82) is 0 Å². The number of halogens is 1. The highest BCUT2D eigenvalue weighted by Crippen LogP contribution is 2.33. The van der Waals surface area contributed by atoms with Crippen molar-refractivity contribution < 1.29 is 14.3 Å². The van der Waals surface area contributed by atoms with Crippen LogP contribution in [0.25, 0.3) is 0 Å². The first-order valence-corrected chi connectivity index (χ1v) is 10.9. The van der Waals surface area contributed by atoms with Crippen LogP contribution in [-0.4, -0.2) is 27.2 Å². The fourth-order valence-corrected chi connectivity index (χ4v) is 3.82. The molecular formula is C26H29ClN2O3. The van der Waals surface area contributed by atoms with Gasteiger partial charge in [-0.1, -0.05) is 60.1 Å². The summed E-state index contributed by atoms with van der Waals surface area (Å²) in [5, 5.41) is 7.07. The number of aryl methyl sites for hydroxylation is 1. The van der Waals surface area contributed by atoms with Gasteiger partial charge in [-0.15, -0.1) is 0 Å². The molecule has 0 aliphatic carbocycles. The van der Waals surface area contributed by atoms with Gasteiger partial charge in [0.2, 0.25) is 5.91 Å². The highest BCUT2D eigenvalue weighted by Gasteiger charge is 2.24. The van der Waals surface area contributed by atoms with Crippen molar-refractivity contribution in [3.63, 3.8) is 0 Å². The largest absolute Gasteiger partial charge is 0.493 e. The van der Waals surface area contributed by atoms with Gasteiger partial charge in [0.05, 0.1) is 14.2 Å². The van der Waals surface area contributed by atoms with Crippen molar-refractivity contribution in [2.24, 2.45) is 0 Å². The van der Waals surface area contributed by atoms with Crippen LogP contribution < -0.4 is 20.1 Å². The Labute approximate surface area is 194 Å². The Morgan fingerprint density at radius 1 is 0.906 bits per heavy atom. The van der Waals surface area contributed by atoms with Gasteiger partial charge in [0.15, 0.2) is 11.5 Å². The topological polar surface area (TPSA) is 59.6 Å². The van der Waals surface area contributed by atoms with E-state index in [1.54, 1.807) is 21.3 Å². The fourth-order valence-electron chi connectivity index (χ4n) is 3.69. The molecule has 3 rings (SSSR count). The van der Waals surface area contributed by atoms with E-state index in [2.05, 4.69) is 10.6 Å². The van der Waals surface area contributed by atoms with Crippen LogP contribution in [0.2, 0.25) is 5.02 Å². The van der Waals surface area contributed by atoms with E-state index in [1.165, 1.54) is 5.56 Å². The third-order valence-electron chi connectivity index (χ3n) is 5.45. The Bertz CT molecular complexity index is 1010. The zero-order chi connectivity index (χ0) is 22.9. The maximum absolute atomic E-state index is 12.8. The molecule has 0 heterocycles. The second-order valence-electron chi connectivity index (χ2n) is 7.46. The van der Waals surface area contributed by atoms with Crippen molar-refractivity contribution >= 4 is 17.5 Å². The van der Waals surface area contributed by atoms with E-state index in [9.17, 15) is 4.79 Å². The molecule has 2 N–H and O–H groups in total. The van der Waals surface area contributed by atoms with Gasteiger partial charge in [-0.05, 0) is 53.8 Å². The highest BCUT2D eigenvalue weighted by molar-refractivity contribution is 6.30. The Morgan fingerprint density at radius 3 is 2.22 bits per heavy atom. The summed E-state index contributed by atoms with van der Waals surface area (Å²) in [6, 6.07) is 22.8. The average molecular weight is 453 g/mol. The number of nitrogens with one attached hydrogen (secondary N) is 2. The van der Waals surface area contributed by atoms with E-state index in [0.717, 1.165) is 24.0 Å². The zero-order valence-electron chi connectivity index (χ0n) is 18.6. The molecular weight excluding hydrogens is 424 g/mol. The number of methoxy groups -OCH3 is 2. The molecule has 2 atom stereocenters. The van der Waals surface area contributed by atoms with E-state index in [4.69, 9.17) is 21.1 Å². The van der Waals surface area contributed by atoms with Crippen LogP contribution in [0.15, 0.2) is 72.8 Å². The molecule has 3 aromatic rings. The third kappa shape index (κ3) is 6.02. The first kappa shape index (κ1) is 23.6. The normalized spacial score (nSPS) is 12.6. The van der Waals surface area contributed by atoms with Crippen LogP contribution in [0.3, 0.4) is 0 Å². The first-order chi connectivity index (χ1) is 15.5. The minimum atomic E-state index is -0.496. The summed E-state index contributed by atoms with van der Waals surface area (Å²) in [4.78, 5) is 12.8.